The Kier molecular flexibility index (Phi) is 8.04. The van der Waals surface area contributed by atoms with Gasteiger partial charge in [0.1, 0.15) is 11.2 Å². The summed E-state index contributed by atoms with van der Waals surface area (Å²) in [5.74, 6) is 2.39. The molecule has 0 aliphatic heterocycles. The molecule has 7 aromatic carbocycles. The van der Waals surface area contributed by atoms with E-state index in [-0.39, 0.29) is 0 Å². The molecule has 0 bridgehead atoms. The van der Waals surface area contributed by atoms with Gasteiger partial charge in [-0.15, -0.1) is 0 Å². The molecule has 0 saturated carbocycles. The molecule has 0 atom stereocenters. The van der Waals surface area contributed by atoms with E-state index in [0.717, 1.165) is 77.8 Å². The van der Waals surface area contributed by atoms with E-state index in [1.54, 1.807) is 0 Å². The van der Waals surface area contributed by atoms with Crippen molar-refractivity contribution in [2.45, 2.75) is 0 Å². The summed E-state index contributed by atoms with van der Waals surface area (Å²) in [7, 11) is 0. The number of fused-ring (bicyclic) bond motifs is 3. The van der Waals surface area contributed by atoms with E-state index in [1.165, 1.54) is 0 Å². The van der Waals surface area contributed by atoms with Gasteiger partial charge in [0.05, 0.1) is 11.4 Å². The minimum absolute atomic E-state index is 0.564. The zero-order valence-electron chi connectivity index (χ0n) is 29.5. The van der Waals surface area contributed by atoms with E-state index >= 15 is 0 Å². The van der Waals surface area contributed by atoms with Gasteiger partial charge >= 0.3 is 0 Å². The maximum Gasteiger partial charge on any atom is 0.164 e. The van der Waals surface area contributed by atoms with Crippen molar-refractivity contribution in [1.82, 2.24) is 24.9 Å². The van der Waals surface area contributed by atoms with Crippen LogP contribution in [0.15, 0.2) is 192 Å². The fourth-order valence-electron chi connectivity index (χ4n) is 7.14. The van der Waals surface area contributed by atoms with Gasteiger partial charge in [0.25, 0.3) is 0 Å². The molecule has 55 heavy (non-hydrogen) atoms. The highest BCUT2D eigenvalue weighted by atomic mass is 16.3. The Balaban J connectivity index is 1.22. The lowest BCUT2D eigenvalue weighted by Crippen LogP contribution is -2.01. The summed E-state index contributed by atoms with van der Waals surface area (Å²) in [6.07, 6.45) is 0. The largest absolute Gasteiger partial charge is 0.456 e. The number of hydrogen-bond donors (Lipinski definition) is 0. The Morgan fingerprint density at radius 1 is 0.309 bits per heavy atom. The van der Waals surface area contributed by atoms with Crippen LogP contribution in [0.5, 0.6) is 0 Å². The van der Waals surface area contributed by atoms with E-state index in [2.05, 4.69) is 66.7 Å². The van der Waals surface area contributed by atoms with Crippen LogP contribution in [0.25, 0.3) is 101 Å². The fourth-order valence-corrected chi connectivity index (χ4v) is 7.14. The van der Waals surface area contributed by atoms with Crippen LogP contribution in [0.2, 0.25) is 0 Å². The molecule has 6 heteroatoms. The minimum atomic E-state index is 0.564. The fraction of sp³-hybridized carbons (Fsp3) is 0. The first kappa shape index (κ1) is 32.1. The Bertz CT molecular complexity index is 2850. The summed E-state index contributed by atoms with van der Waals surface area (Å²) in [6.45, 7) is 0. The van der Waals surface area contributed by atoms with E-state index in [9.17, 15) is 0 Å². The quantitative estimate of drug-likeness (QED) is 0.164. The van der Waals surface area contributed by atoms with E-state index in [4.69, 9.17) is 29.3 Å². The number of hydrogen-bond acceptors (Lipinski definition) is 6. The lowest BCUT2D eigenvalue weighted by Gasteiger charge is -2.14. The molecule has 0 saturated heterocycles. The first-order chi connectivity index (χ1) is 27.2. The van der Waals surface area contributed by atoms with Crippen LogP contribution in [0.3, 0.4) is 0 Å². The number of rotatable bonds is 7. The van der Waals surface area contributed by atoms with E-state index in [0.29, 0.717) is 23.3 Å². The van der Waals surface area contributed by atoms with Gasteiger partial charge in [-0.1, -0.05) is 158 Å². The molecule has 0 aliphatic carbocycles. The lowest BCUT2D eigenvalue weighted by atomic mass is 9.92. The monoisotopic (exact) mass is 705 g/mol. The molecule has 6 nitrogen and oxygen atoms in total. The van der Waals surface area contributed by atoms with Gasteiger partial charge in [-0.2, -0.15) is 0 Å². The molecule has 0 aliphatic rings. The summed E-state index contributed by atoms with van der Waals surface area (Å²) < 4.78 is 6.46. The molecule has 0 radical (unpaired) electrons. The third-order valence-corrected chi connectivity index (χ3v) is 9.76. The molecule has 0 amide bonds. The molecule has 0 fully saturated rings. The van der Waals surface area contributed by atoms with Gasteiger partial charge in [-0.05, 0) is 35.9 Å². The van der Waals surface area contributed by atoms with Crippen molar-refractivity contribution in [3.05, 3.63) is 188 Å². The molecule has 0 unspecified atom stereocenters. The normalized spacial score (nSPS) is 11.3. The van der Waals surface area contributed by atoms with Crippen molar-refractivity contribution in [1.29, 1.82) is 0 Å². The minimum Gasteiger partial charge on any atom is -0.456 e. The number of aromatic nitrogens is 5. The van der Waals surface area contributed by atoms with Crippen molar-refractivity contribution in [3.63, 3.8) is 0 Å². The van der Waals surface area contributed by atoms with Gasteiger partial charge in [0.2, 0.25) is 0 Å². The molecule has 10 aromatic rings. The van der Waals surface area contributed by atoms with E-state index in [1.807, 2.05) is 121 Å². The Morgan fingerprint density at radius 2 is 0.782 bits per heavy atom. The molecule has 10 rings (SSSR count). The highest BCUT2D eigenvalue weighted by Crippen LogP contribution is 2.43. The topological polar surface area (TPSA) is 77.6 Å². The van der Waals surface area contributed by atoms with Crippen molar-refractivity contribution >= 4 is 21.9 Å². The van der Waals surface area contributed by atoms with Crippen molar-refractivity contribution < 1.29 is 4.42 Å². The predicted octanol–water partition coefficient (Wildman–Crippen LogP) is 12.2. The molecule has 3 heterocycles. The van der Waals surface area contributed by atoms with Gasteiger partial charge < -0.3 is 4.42 Å². The number of nitrogens with zero attached hydrogens (tertiary/aromatic N) is 5. The summed E-state index contributed by atoms with van der Waals surface area (Å²) in [5.41, 5.74) is 10.8. The third kappa shape index (κ3) is 6.11. The molecular weight excluding hydrogens is 675 g/mol. The average Bonchev–Trinajstić information content (AvgIpc) is 3.66. The molecule has 0 N–H and O–H groups in total. The second kappa shape index (κ2) is 13.8. The zero-order valence-corrected chi connectivity index (χ0v) is 29.5. The van der Waals surface area contributed by atoms with Crippen LogP contribution < -0.4 is 0 Å². The zero-order chi connectivity index (χ0) is 36.6. The first-order valence-corrected chi connectivity index (χ1v) is 18.2. The smallest absolute Gasteiger partial charge is 0.164 e. The maximum absolute atomic E-state index is 6.46. The Hall–Kier alpha value is -7.57. The Labute approximate surface area is 317 Å². The summed E-state index contributed by atoms with van der Waals surface area (Å²) in [5, 5.41) is 1.99. The maximum atomic E-state index is 6.46. The SMILES string of the molecule is c1ccc(-c2cc(-c3ccccc3)nc(-c3cccc(-c4c(-c5nc(-c6ccccc6)nc(-c6ccccc6)n5)ccc5oc6ccccc6c45)c3)n2)cc1. The van der Waals surface area contributed by atoms with Crippen LogP contribution in [0.1, 0.15) is 0 Å². The number of benzene rings is 7. The summed E-state index contributed by atoms with van der Waals surface area (Å²) >= 11 is 0. The van der Waals surface area contributed by atoms with Crippen molar-refractivity contribution in [2.24, 2.45) is 0 Å². The van der Waals surface area contributed by atoms with E-state index < -0.39 is 0 Å². The van der Waals surface area contributed by atoms with Crippen LogP contribution in [-0.4, -0.2) is 24.9 Å². The highest BCUT2D eigenvalue weighted by molar-refractivity contribution is 6.15. The van der Waals surface area contributed by atoms with Crippen molar-refractivity contribution in [2.75, 3.05) is 0 Å². The summed E-state index contributed by atoms with van der Waals surface area (Å²) in [4.78, 5) is 25.6. The molecule has 3 aromatic heterocycles. The lowest BCUT2D eigenvalue weighted by molar-refractivity contribution is 0.669. The number of para-hydroxylation sites is 1. The second-order valence-corrected chi connectivity index (χ2v) is 13.3. The standard InChI is InChI=1S/C49H31N5O/c1-5-16-32(17-6-1)40-31-41(33-18-7-2-8-19-33)51-48(50-40)37-25-15-24-36(30-37)44-39(28-29-43-45(44)38-26-13-14-27-42(38)55-43)49-53-46(34-20-9-3-10-21-34)52-47(54-49)35-22-11-4-12-23-35/h1-31H. The van der Waals surface area contributed by atoms with Crippen LogP contribution in [-0.2, 0) is 0 Å². The first-order valence-electron chi connectivity index (χ1n) is 18.2. The summed E-state index contributed by atoms with van der Waals surface area (Å²) in [6, 6.07) is 63.3. The van der Waals surface area contributed by atoms with Crippen LogP contribution >= 0.6 is 0 Å². The van der Waals surface area contributed by atoms with Crippen LogP contribution in [0, 0.1) is 0 Å². The average molecular weight is 706 g/mol. The molecular formula is C49H31N5O. The predicted molar refractivity (Wildman–Crippen MR) is 221 cm³/mol. The number of furan rings is 1. The van der Waals surface area contributed by atoms with Crippen LogP contribution in [0.4, 0.5) is 0 Å². The highest BCUT2D eigenvalue weighted by Gasteiger charge is 2.22. The second-order valence-electron chi connectivity index (χ2n) is 13.3. The van der Waals surface area contributed by atoms with Gasteiger partial charge in [0.15, 0.2) is 23.3 Å². The Morgan fingerprint density at radius 3 is 1.38 bits per heavy atom. The third-order valence-electron chi connectivity index (χ3n) is 9.76. The van der Waals surface area contributed by atoms with Crippen molar-refractivity contribution in [3.8, 4) is 79.2 Å². The van der Waals surface area contributed by atoms with Gasteiger partial charge in [-0.3, -0.25) is 0 Å². The van der Waals surface area contributed by atoms with Gasteiger partial charge in [-0.25, -0.2) is 24.9 Å². The molecule has 0 spiro atoms. The van der Waals surface area contributed by atoms with Gasteiger partial charge in [0, 0.05) is 49.7 Å². The molecule has 258 valence electrons.